The van der Waals surface area contributed by atoms with Gasteiger partial charge in [0.2, 0.25) is 0 Å². The van der Waals surface area contributed by atoms with E-state index in [2.05, 4.69) is 34.7 Å². The van der Waals surface area contributed by atoms with Crippen LogP contribution in [0.15, 0.2) is 0 Å². The molecule has 5 heteroatoms. The topological polar surface area (TPSA) is 35.5 Å². The Morgan fingerprint density at radius 2 is 0.857 bits per heavy atom. The molecule has 1 unspecified atom stereocenters. The van der Waals surface area contributed by atoms with E-state index in [1.807, 2.05) is 6.92 Å². The lowest BCUT2D eigenvalue weighted by Gasteiger charge is -2.47. The number of ether oxygens (including phenoxy) is 2. The molecule has 0 radical (unpaired) electrons. The van der Waals surface area contributed by atoms with Crippen molar-refractivity contribution in [3.05, 3.63) is 0 Å². The van der Waals surface area contributed by atoms with Crippen molar-refractivity contribution < 1.29 is 31.2 Å². The van der Waals surface area contributed by atoms with Crippen LogP contribution in [0, 0.1) is 0 Å². The lowest BCUT2D eigenvalue weighted by atomic mass is 10.1. The number of esters is 1. The summed E-state index contributed by atoms with van der Waals surface area (Å²) in [4.78, 5) is 13.1. The van der Waals surface area contributed by atoms with Crippen LogP contribution in [0.25, 0.3) is 0 Å². The van der Waals surface area contributed by atoms with Gasteiger partial charge in [0, 0.05) is 6.42 Å². The maximum Gasteiger partial charge on any atom is 0.360 e. The van der Waals surface area contributed by atoms with Gasteiger partial charge >= 0.3 is 11.9 Å². The average molecular weight is 618 g/mol. The summed E-state index contributed by atoms with van der Waals surface area (Å²) in [6, 6.07) is 0. The van der Waals surface area contributed by atoms with Crippen molar-refractivity contribution in [1.82, 2.24) is 0 Å². The zero-order valence-electron chi connectivity index (χ0n) is 29.6. The van der Waals surface area contributed by atoms with Crippen molar-refractivity contribution in [2.45, 2.75) is 207 Å². The molecule has 1 atom stereocenters. The van der Waals surface area contributed by atoms with E-state index in [0.717, 1.165) is 58.0 Å². The van der Waals surface area contributed by atoms with E-state index in [9.17, 15) is 4.79 Å². The van der Waals surface area contributed by atoms with Crippen LogP contribution in [0.3, 0.4) is 0 Å². The molecule has 0 aliphatic heterocycles. The first-order valence-corrected chi connectivity index (χ1v) is 18.6. The van der Waals surface area contributed by atoms with Gasteiger partial charge in [0.25, 0.3) is 0 Å². The van der Waals surface area contributed by atoms with E-state index in [-0.39, 0.29) is 18.4 Å². The van der Waals surface area contributed by atoms with Crippen LogP contribution in [0.1, 0.15) is 202 Å². The highest BCUT2D eigenvalue weighted by Crippen LogP contribution is 2.30. The van der Waals surface area contributed by atoms with Gasteiger partial charge in [-0.15, -0.1) is 0 Å². The van der Waals surface area contributed by atoms with Gasteiger partial charge in [-0.05, 0) is 25.7 Å². The predicted octanol–water partition coefficient (Wildman–Crippen LogP) is 8.89. The van der Waals surface area contributed by atoms with Gasteiger partial charge in [-0.25, -0.2) is 0 Å². The molecule has 42 heavy (non-hydrogen) atoms. The highest BCUT2D eigenvalue weighted by molar-refractivity contribution is 5.69. The van der Waals surface area contributed by atoms with Crippen molar-refractivity contribution in [3.63, 3.8) is 0 Å². The van der Waals surface area contributed by atoms with Crippen molar-refractivity contribution in [2.75, 3.05) is 26.7 Å². The normalized spacial score (nSPS) is 13.1. The molecule has 0 heterocycles. The second kappa shape index (κ2) is 30.7. The fraction of sp³-hybridized carbons (Fsp3) is 0.973. The monoisotopic (exact) mass is 618 g/mol. The Labute approximate surface area is 270 Å². The van der Waals surface area contributed by atoms with E-state index in [1.165, 1.54) is 116 Å². The molecule has 0 aromatic rings. The number of carbonyl (C=O) groups is 1. The summed E-state index contributed by atoms with van der Waals surface area (Å²) < 4.78 is 13.5. The fourth-order valence-electron chi connectivity index (χ4n) is 5.87. The number of hydrogen-bond acceptors (Lipinski definition) is 3. The highest BCUT2D eigenvalue weighted by atomic mass is 35.5. The number of halogens is 1. The van der Waals surface area contributed by atoms with E-state index in [0.29, 0.717) is 17.5 Å². The molecule has 0 spiro atoms. The number of unbranched alkanes of at least 4 members (excludes halogenated alkanes) is 21. The molecule has 0 bridgehead atoms. The van der Waals surface area contributed by atoms with E-state index >= 15 is 0 Å². The van der Waals surface area contributed by atoms with Crippen molar-refractivity contribution in [2.24, 2.45) is 0 Å². The number of carbonyl (C=O) groups excluding carboxylic acids is 1. The average Bonchev–Trinajstić information content (AvgIpc) is 2.96. The first kappa shape index (κ1) is 43.8. The molecule has 0 saturated carbocycles. The number of hydrogen-bond donors (Lipinski definition) is 0. The summed E-state index contributed by atoms with van der Waals surface area (Å²) in [5, 5.41) is 0. The summed E-state index contributed by atoms with van der Waals surface area (Å²) in [6.45, 7) is 13.7. The minimum Gasteiger partial charge on any atom is -1.00 e. The van der Waals surface area contributed by atoms with Crippen molar-refractivity contribution in [3.8, 4) is 0 Å². The van der Waals surface area contributed by atoms with Gasteiger partial charge in [0.05, 0.1) is 33.7 Å². The van der Waals surface area contributed by atoms with E-state index in [4.69, 9.17) is 9.47 Å². The molecule has 0 aliphatic rings. The molecule has 0 aliphatic carbocycles. The smallest absolute Gasteiger partial charge is 0.360 e. The van der Waals surface area contributed by atoms with Crippen LogP contribution in [0.4, 0.5) is 0 Å². The van der Waals surface area contributed by atoms with Gasteiger partial charge in [-0.1, -0.05) is 163 Å². The Morgan fingerprint density at radius 1 is 0.524 bits per heavy atom. The molecule has 0 rings (SSSR count). The maximum atomic E-state index is 13.1. The number of rotatable bonds is 32. The molecule has 254 valence electrons. The molecule has 4 nitrogen and oxygen atoms in total. The van der Waals surface area contributed by atoms with Crippen molar-refractivity contribution in [1.29, 1.82) is 0 Å². The highest BCUT2D eigenvalue weighted by Gasteiger charge is 2.48. The molecule has 0 aromatic carbocycles. The minimum atomic E-state index is -0.904. The number of nitrogens with zero attached hydrogens (tertiary/aromatic N) is 1. The maximum absolute atomic E-state index is 13.1. The Morgan fingerprint density at radius 3 is 1.24 bits per heavy atom. The predicted molar refractivity (Wildman–Crippen MR) is 179 cm³/mol. The van der Waals surface area contributed by atoms with Crippen LogP contribution < -0.4 is 12.4 Å². The Kier molecular flexibility index (Phi) is 32.0. The zero-order chi connectivity index (χ0) is 30.5. The first-order valence-electron chi connectivity index (χ1n) is 18.6. The summed E-state index contributed by atoms with van der Waals surface area (Å²) in [6.07, 6.45) is 32.3. The molecule has 0 saturated heterocycles. The second-order valence-corrected chi connectivity index (χ2v) is 13.2. The van der Waals surface area contributed by atoms with Gasteiger partial charge < -0.3 is 17.1 Å². The fourth-order valence-corrected chi connectivity index (χ4v) is 5.87. The van der Waals surface area contributed by atoms with E-state index < -0.39 is 5.91 Å². The summed E-state index contributed by atoms with van der Waals surface area (Å²) in [5.74, 6) is -0.985. The Bertz CT molecular complexity index is 565. The largest absolute Gasteiger partial charge is 1.00 e. The minimum absolute atomic E-state index is 0. The molecular weight excluding hydrogens is 542 g/mol. The van der Waals surface area contributed by atoms with Gasteiger partial charge in [-0.2, -0.15) is 0 Å². The van der Waals surface area contributed by atoms with Crippen LogP contribution >= 0.6 is 0 Å². The standard InChI is InChI=1S/C37H76NO3.ClH/c1-7-11-15-17-19-21-22-23-25-27-29-31-35-40-37(5,38(6,33-13-9-3)34-14-10-4)41-36(39)32-30-28-26-24-20-18-16-12-8-2;/h7-35H2,1-6H3;1H/q+1;/p-1. The molecule has 0 aromatic heterocycles. The SMILES string of the molecule is CCCCCCCCCCCCCCOC(C)(OC(=O)CCCCCCCCCCC)[N+](C)(CCCC)CCCC.[Cl-]. The third kappa shape index (κ3) is 23.1. The summed E-state index contributed by atoms with van der Waals surface area (Å²) in [7, 11) is 2.25. The van der Waals surface area contributed by atoms with Crippen LogP contribution in [-0.2, 0) is 14.3 Å². The first-order chi connectivity index (χ1) is 19.9. The molecule has 0 fully saturated rings. The summed E-state index contributed by atoms with van der Waals surface area (Å²) in [5.41, 5.74) is 0. The van der Waals surface area contributed by atoms with Crippen LogP contribution in [-0.4, -0.2) is 43.1 Å². The van der Waals surface area contributed by atoms with Crippen molar-refractivity contribution >= 4 is 5.97 Å². The molecule has 0 N–H and O–H groups in total. The zero-order valence-corrected chi connectivity index (χ0v) is 30.3. The third-order valence-corrected chi connectivity index (χ3v) is 9.15. The van der Waals surface area contributed by atoms with E-state index in [1.54, 1.807) is 0 Å². The van der Waals surface area contributed by atoms with Crippen LogP contribution in [0.2, 0.25) is 0 Å². The summed E-state index contributed by atoms with van der Waals surface area (Å²) >= 11 is 0. The molecular formula is C37H76ClNO3. The van der Waals surface area contributed by atoms with Gasteiger partial charge in [0.15, 0.2) is 0 Å². The van der Waals surface area contributed by atoms with Gasteiger partial charge in [0.1, 0.15) is 0 Å². The van der Waals surface area contributed by atoms with Crippen LogP contribution in [0.5, 0.6) is 0 Å². The Balaban J connectivity index is 0. The second-order valence-electron chi connectivity index (χ2n) is 13.2. The number of quaternary nitrogens is 1. The quantitative estimate of drug-likeness (QED) is 0.0327. The lowest BCUT2D eigenvalue weighted by molar-refractivity contribution is -1.01. The van der Waals surface area contributed by atoms with Gasteiger partial charge in [-0.3, -0.25) is 14.0 Å². The third-order valence-electron chi connectivity index (χ3n) is 9.15. The Hall–Kier alpha value is -0.320. The molecule has 0 amide bonds. The lowest BCUT2D eigenvalue weighted by Crippen LogP contribution is -3.00.